The number of aldehydes is 1. The lowest BCUT2D eigenvalue weighted by molar-refractivity contribution is 0.112. The van der Waals surface area contributed by atoms with Gasteiger partial charge < -0.3 is 11.5 Å². The summed E-state index contributed by atoms with van der Waals surface area (Å²) in [6.45, 7) is 0. The fourth-order valence-electron chi connectivity index (χ4n) is 1.13. The Hall–Kier alpha value is -1.95. The predicted molar refractivity (Wildman–Crippen MR) is 58.8 cm³/mol. The van der Waals surface area contributed by atoms with Crippen molar-refractivity contribution in [2.45, 2.75) is 0 Å². The van der Waals surface area contributed by atoms with Crippen LogP contribution in [0.4, 0.5) is 11.8 Å². The van der Waals surface area contributed by atoms with E-state index in [-0.39, 0.29) is 24.2 Å². The third kappa shape index (κ3) is 1.94. The molecule has 0 atom stereocenters. The van der Waals surface area contributed by atoms with E-state index >= 15 is 0 Å². The number of pyridine rings is 1. The summed E-state index contributed by atoms with van der Waals surface area (Å²) >= 11 is 0. The van der Waals surface area contributed by atoms with E-state index < -0.39 is 0 Å². The maximum absolute atomic E-state index is 10.5. The van der Waals surface area contributed by atoms with Gasteiger partial charge in [-0.2, -0.15) is 9.97 Å². The van der Waals surface area contributed by atoms with Crippen LogP contribution in [0, 0.1) is 0 Å². The van der Waals surface area contributed by atoms with Crippen molar-refractivity contribution in [2.24, 2.45) is 0 Å². The van der Waals surface area contributed by atoms with Gasteiger partial charge in [-0.05, 0) is 6.07 Å². The van der Waals surface area contributed by atoms with Crippen LogP contribution in [0.25, 0.3) is 11.0 Å². The van der Waals surface area contributed by atoms with E-state index in [0.29, 0.717) is 22.9 Å². The van der Waals surface area contributed by atoms with Gasteiger partial charge in [0, 0.05) is 11.8 Å². The molecule has 0 bridgehead atoms. The predicted octanol–water partition coefficient (Wildman–Crippen LogP) is 0.423. The van der Waals surface area contributed by atoms with Crippen LogP contribution in [0.5, 0.6) is 0 Å². The van der Waals surface area contributed by atoms with Crippen LogP contribution in [-0.2, 0) is 0 Å². The van der Waals surface area contributed by atoms with E-state index in [4.69, 9.17) is 11.5 Å². The standard InChI is InChI=1S/C8H7N5O.ClH/c9-6-5-1-4(3-14)2-11-7(5)13-8(10)12-6;/h1-3H,(H4,9,10,11,12,13);1H. The van der Waals surface area contributed by atoms with Crippen molar-refractivity contribution in [1.29, 1.82) is 0 Å². The molecule has 15 heavy (non-hydrogen) atoms. The van der Waals surface area contributed by atoms with Gasteiger partial charge in [0.2, 0.25) is 5.95 Å². The lowest BCUT2D eigenvalue weighted by Gasteiger charge is -2.01. The molecule has 7 heteroatoms. The van der Waals surface area contributed by atoms with Crippen molar-refractivity contribution >= 4 is 41.5 Å². The average Bonchev–Trinajstić information content (AvgIpc) is 2.17. The number of nitrogens with two attached hydrogens (primary N) is 2. The van der Waals surface area contributed by atoms with Crippen molar-refractivity contribution in [3.05, 3.63) is 17.8 Å². The molecule has 78 valence electrons. The van der Waals surface area contributed by atoms with E-state index in [2.05, 4.69) is 15.0 Å². The molecular formula is C8H8ClN5O. The summed E-state index contributed by atoms with van der Waals surface area (Å²) < 4.78 is 0. The van der Waals surface area contributed by atoms with Crippen LogP contribution >= 0.6 is 12.4 Å². The lowest BCUT2D eigenvalue weighted by Crippen LogP contribution is -2.02. The van der Waals surface area contributed by atoms with Gasteiger partial charge in [0.05, 0.1) is 5.39 Å². The van der Waals surface area contributed by atoms with Gasteiger partial charge >= 0.3 is 0 Å². The van der Waals surface area contributed by atoms with Gasteiger partial charge in [-0.1, -0.05) is 0 Å². The number of nitrogen functional groups attached to an aromatic ring is 2. The smallest absolute Gasteiger partial charge is 0.224 e. The summed E-state index contributed by atoms with van der Waals surface area (Å²) in [7, 11) is 0. The molecule has 0 amide bonds. The number of carbonyl (C=O) groups excluding carboxylic acids is 1. The van der Waals surface area contributed by atoms with Gasteiger partial charge in [-0.15, -0.1) is 12.4 Å². The number of fused-ring (bicyclic) bond motifs is 1. The van der Waals surface area contributed by atoms with E-state index in [9.17, 15) is 4.79 Å². The molecule has 0 spiro atoms. The minimum absolute atomic E-state index is 0. The first kappa shape index (κ1) is 11.1. The van der Waals surface area contributed by atoms with Gasteiger partial charge in [0.1, 0.15) is 5.82 Å². The van der Waals surface area contributed by atoms with E-state index in [1.54, 1.807) is 6.07 Å². The highest BCUT2D eigenvalue weighted by Gasteiger charge is 2.04. The van der Waals surface area contributed by atoms with Crippen LogP contribution < -0.4 is 11.5 Å². The molecule has 0 saturated carbocycles. The monoisotopic (exact) mass is 225 g/mol. The number of halogens is 1. The Kier molecular flexibility index (Phi) is 3.01. The second-order valence-electron chi connectivity index (χ2n) is 2.72. The molecule has 0 saturated heterocycles. The molecule has 0 aromatic carbocycles. The second kappa shape index (κ2) is 4.05. The zero-order valence-corrected chi connectivity index (χ0v) is 8.36. The molecule has 0 aliphatic carbocycles. The third-order valence-electron chi connectivity index (χ3n) is 1.76. The highest BCUT2D eigenvalue weighted by molar-refractivity contribution is 5.90. The fraction of sp³-hybridized carbons (Fsp3) is 0. The Bertz CT molecular complexity index is 516. The largest absolute Gasteiger partial charge is 0.383 e. The maximum Gasteiger partial charge on any atom is 0.224 e. The average molecular weight is 226 g/mol. The highest BCUT2D eigenvalue weighted by atomic mass is 35.5. The molecule has 4 N–H and O–H groups in total. The Morgan fingerprint density at radius 1 is 1.27 bits per heavy atom. The summed E-state index contributed by atoms with van der Waals surface area (Å²) in [6.07, 6.45) is 2.09. The Labute approximate surface area is 91.1 Å². The van der Waals surface area contributed by atoms with Gasteiger partial charge in [0.15, 0.2) is 11.9 Å². The normalized spacial score (nSPS) is 9.60. The molecule has 2 aromatic heterocycles. The number of hydrogen-bond acceptors (Lipinski definition) is 6. The first-order chi connectivity index (χ1) is 6.70. The summed E-state index contributed by atoms with van der Waals surface area (Å²) in [5.41, 5.74) is 11.8. The zero-order valence-electron chi connectivity index (χ0n) is 7.54. The minimum atomic E-state index is 0. The topological polar surface area (TPSA) is 108 Å². The van der Waals surface area contributed by atoms with Crippen molar-refractivity contribution in [3.63, 3.8) is 0 Å². The molecule has 0 fully saturated rings. The molecule has 6 nitrogen and oxygen atoms in total. The summed E-state index contributed by atoms with van der Waals surface area (Å²) in [5, 5.41) is 0.531. The van der Waals surface area contributed by atoms with Crippen LogP contribution in [-0.4, -0.2) is 21.2 Å². The third-order valence-corrected chi connectivity index (χ3v) is 1.76. The van der Waals surface area contributed by atoms with Gasteiger partial charge in [-0.3, -0.25) is 4.79 Å². The Morgan fingerprint density at radius 2 is 2.00 bits per heavy atom. The van der Waals surface area contributed by atoms with Gasteiger partial charge in [0.25, 0.3) is 0 Å². The maximum atomic E-state index is 10.5. The van der Waals surface area contributed by atoms with Crippen molar-refractivity contribution in [1.82, 2.24) is 15.0 Å². The van der Waals surface area contributed by atoms with E-state index in [1.165, 1.54) is 6.20 Å². The van der Waals surface area contributed by atoms with Crippen molar-refractivity contribution < 1.29 is 4.79 Å². The first-order valence-electron chi connectivity index (χ1n) is 3.84. The highest BCUT2D eigenvalue weighted by Crippen LogP contribution is 2.16. The first-order valence-corrected chi connectivity index (χ1v) is 3.84. The molecule has 2 aromatic rings. The van der Waals surface area contributed by atoms with Crippen LogP contribution in [0.3, 0.4) is 0 Å². The quantitative estimate of drug-likeness (QED) is 0.681. The summed E-state index contributed by atoms with van der Waals surface area (Å²) in [4.78, 5) is 22.1. The number of aromatic nitrogens is 3. The summed E-state index contributed by atoms with van der Waals surface area (Å²) in [6, 6.07) is 1.57. The number of carbonyl (C=O) groups is 1. The van der Waals surface area contributed by atoms with Gasteiger partial charge in [-0.25, -0.2) is 4.98 Å². The van der Waals surface area contributed by atoms with Crippen molar-refractivity contribution in [3.8, 4) is 0 Å². The molecule has 2 rings (SSSR count). The number of hydrogen-bond donors (Lipinski definition) is 2. The number of rotatable bonds is 1. The Morgan fingerprint density at radius 3 is 2.67 bits per heavy atom. The fourth-order valence-corrected chi connectivity index (χ4v) is 1.13. The van der Waals surface area contributed by atoms with Crippen LogP contribution in [0.2, 0.25) is 0 Å². The number of anilines is 2. The molecule has 0 aliphatic heterocycles. The summed E-state index contributed by atoms with van der Waals surface area (Å²) in [5.74, 6) is 0.296. The zero-order chi connectivity index (χ0) is 10.1. The van der Waals surface area contributed by atoms with Crippen LogP contribution in [0.1, 0.15) is 10.4 Å². The molecule has 0 aliphatic rings. The van der Waals surface area contributed by atoms with Crippen LogP contribution in [0.15, 0.2) is 12.3 Å². The molecule has 2 heterocycles. The second-order valence-corrected chi connectivity index (χ2v) is 2.72. The van der Waals surface area contributed by atoms with E-state index in [0.717, 1.165) is 0 Å². The molecule has 0 unspecified atom stereocenters. The van der Waals surface area contributed by atoms with E-state index in [1.807, 2.05) is 0 Å². The molecule has 0 radical (unpaired) electrons. The molecular weight excluding hydrogens is 218 g/mol. The minimum Gasteiger partial charge on any atom is -0.383 e. The van der Waals surface area contributed by atoms with Crippen molar-refractivity contribution in [2.75, 3.05) is 11.5 Å². The SMILES string of the molecule is Cl.Nc1nc(N)c2cc(C=O)cnc2n1. The Balaban J connectivity index is 0.00000112. The number of nitrogens with zero attached hydrogens (tertiary/aromatic N) is 3. The lowest BCUT2D eigenvalue weighted by atomic mass is 10.2.